The zero-order valence-electron chi connectivity index (χ0n) is 13.6. The zero-order valence-corrected chi connectivity index (χ0v) is 13.6. The van der Waals surface area contributed by atoms with Crippen molar-refractivity contribution in [2.45, 2.75) is 44.6 Å². The van der Waals surface area contributed by atoms with E-state index in [1.165, 1.54) is 4.90 Å². The normalized spacial score (nSPS) is 27.3. The van der Waals surface area contributed by atoms with E-state index in [1.807, 2.05) is 30.3 Å². The lowest BCUT2D eigenvalue weighted by atomic mass is 9.73. The van der Waals surface area contributed by atoms with Crippen molar-refractivity contribution >= 4 is 11.9 Å². The highest BCUT2D eigenvalue weighted by Crippen LogP contribution is 2.38. The molecule has 1 saturated heterocycles. The van der Waals surface area contributed by atoms with E-state index in [-0.39, 0.29) is 17.9 Å². The highest BCUT2D eigenvalue weighted by atomic mass is 16.5. The van der Waals surface area contributed by atoms with Gasteiger partial charge in [-0.2, -0.15) is 0 Å². The van der Waals surface area contributed by atoms with Gasteiger partial charge in [0, 0.05) is 6.54 Å². The lowest BCUT2D eigenvalue weighted by Gasteiger charge is -2.36. The first-order valence-electron chi connectivity index (χ1n) is 8.45. The Morgan fingerprint density at radius 2 is 2.04 bits per heavy atom. The van der Waals surface area contributed by atoms with Crippen molar-refractivity contribution < 1.29 is 14.3 Å². The summed E-state index contributed by atoms with van der Waals surface area (Å²) in [5, 5.41) is 2.97. The molecule has 0 aromatic heterocycles. The van der Waals surface area contributed by atoms with Gasteiger partial charge in [0.05, 0.1) is 6.61 Å². The molecule has 5 nitrogen and oxygen atoms in total. The van der Waals surface area contributed by atoms with Gasteiger partial charge in [-0.3, -0.25) is 9.69 Å². The van der Waals surface area contributed by atoms with Crippen molar-refractivity contribution in [2.24, 2.45) is 5.92 Å². The molecule has 3 amide bonds. The van der Waals surface area contributed by atoms with Gasteiger partial charge in [0.2, 0.25) is 0 Å². The second-order valence-corrected chi connectivity index (χ2v) is 6.52. The number of imide groups is 1. The molecule has 1 heterocycles. The van der Waals surface area contributed by atoms with E-state index in [0.29, 0.717) is 19.6 Å². The number of hydrogen-bond donors (Lipinski definition) is 1. The van der Waals surface area contributed by atoms with Crippen LogP contribution in [0, 0.1) is 5.92 Å². The molecule has 124 valence electrons. The van der Waals surface area contributed by atoms with E-state index in [0.717, 1.165) is 31.4 Å². The molecule has 23 heavy (non-hydrogen) atoms. The maximum Gasteiger partial charge on any atom is 0.325 e. The third-order valence-corrected chi connectivity index (χ3v) is 5.04. The molecule has 1 N–H and O–H groups in total. The van der Waals surface area contributed by atoms with E-state index < -0.39 is 5.54 Å². The summed E-state index contributed by atoms with van der Waals surface area (Å²) >= 11 is 0. The third-order valence-electron chi connectivity index (χ3n) is 5.04. The third kappa shape index (κ3) is 3.05. The molecule has 1 saturated carbocycles. The number of ether oxygens (including phenoxy) is 1. The molecule has 3 rings (SSSR count). The van der Waals surface area contributed by atoms with Crippen LogP contribution in [0.4, 0.5) is 4.79 Å². The Kier molecular flexibility index (Phi) is 4.55. The average molecular weight is 316 g/mol. The van der Waals surface area contributed by atoms with Crippen molar-refractivity contribution in [3.8, 4) is 5.75 Å². The summed E-state index contributed by atoms with van der Waals surface area (Å²) in [5.41, 5.74) is -0.657. The molecular formula is C18H24N2O3. The van der Waals surface area contributed by atoms with Gasteiger partial charge in [0.1, 0.15) is 11.3 Å². The van der Waals surface area contributed by atoms with Crippen LogP contribution in [-0.4, -0.2) is 35.5 Å². The zero-order chi connectivity index (χ0) is 16.3. The van der Waals surface area contributed by atoms with Crippen LogP contribution < -0.4 is 10.1 Å². The average Bonchev–Trinajstić information content (AvgIpc) is 2.80. The van der Waals surface area contributed by atoms with Crippen LogP contribution in [0.5, 0.6) is 5.75 Å². The summed E-state index contributed by atoms with van der Waals surface area (Å²) in [6.07, 6.45) is 4.53. The highest BCUT2D eigenvalue weighted by Gasteiger charge is 2.54. The van der Waals surface area contributed by atoms with Gasteiger partial charge in [0.25, 0.3) is 5.91 Å². The minimum atomic E-state index is -0.657. The number of amides is 3. The fraction of sp³-hybridized carbons (Fsp3) is 0.556. The van der Waals surface area contributed by atoms with Crippen LogP contribution in [0.3, 0.4) is 0 Å². The van der Waals surface area contributed by atoms with Crippen LogP contribution in [0.15, 0.2) is 30.3 Å². The number of rotatable bonds is 5. The standard InChI is InChI=1S/C18H24N2O3/c1-14-8-5-6-11-18(14)16(21)20(17(22)19-18)12-7-13-23-15-9-3-2-4-10-15/h2-4,9-10,14H,5-8,11-13H2,1H3,(H,19,22). The molecule has 2 aliphatic rings. The summed E-state index contributed by atoms with van der Waals surface area (Å²) in [4.78, 5) is 26.4. The van der Waals surface area contributed by atoms with Gasteiger partial charge in [-0.25, -0.2) is 4.79 Å². The van der Waals surface area contributed by atoms with Crippen LogP contribution in [0.1, 0.15) is 39.0 Å². The molecule has 1 aliphatic carbocycles. The number of nitrogens with zero attached hydrogens (tertiary/aromatic N) is 1. The van der Waals surface area contributed by atoms with Gasteiger partial charge in [0.15, 0.2) is 0 Å². The van der Waals surface area contributed by atoms with Crippen molar-refractivity contribution in [1.29, 1.82) is 0 Å². The number of para-hydroxylation sites is 1. The number of benzene rings is 1. The van der Waals surface area contributed by atoms with Crippen molar-refractivity contribution in [3.63, 3.8) is 0 Å². The highest BCUT2D eigenvalue weighted by molar-refractivity contribution is 6.07. The SMILES string of the molecule is CC1CCCCC12NC(=O)N(CCCOc1ccccc1)C2=O. The molecule has 1 aromatic rings. The number of urea groups is 1. The maximum absolute atomic E-state index is 12.8. The molecule has 0 radical (unpaired) electrons. The van der Waals surface area contributed by atoms with Crippen molar-refractivity contribution in [1.82, 2.24) is 10.2 Å². The molecule has 0 bridgehead atoms. The van der Waals surface area contributed by atoms with Gasteiger partial charge in [-0.1, -0.05) is 38.0 Å². The molecule has 1 spiro atoms. The van der Waals surface area contributed by atoms with Crippen LogP contribution in [-0.2, 0) is 4.79 Å². The minimum absolute atomic E-state index is 0.0468. The molecule has 2 unspecified atom stereocenters. The number of nitrogens with one attached hydrogen (secondary N) is 1. The van der Waals surface area contributed by atoms with E-state index in [4.69, 9.17) is 4.74 Å². The van der Waals surface area contributed by atoms with E-state index in [2.05, 4.69) is 12.2 Å². The van der Waals surface area contributed by atoms with Crippen molar-refractivity contribution in [3.05, 3.63) is 30.3 Å². The maximum atomic E-state index is 12.8. The van der Waals surface area contributed by atoms with Gasteiger partial charge in [-0.15, -0.1) is 0 Å². The number of carbonyl (C=O) groups excluding carboxylic acids is 2. The number of hydrogen-bond acceptors (Lipinski definition) is 3. The number of carbonyl (C=O) groups is 2. The topological polar surface area (TPSA) is 58.6 Å². The molecule has 1 aliphatic heterocycles. The first kappa shape index (κ1) is 15.8. The second-order valence-electron chi connectivity index (χ2n) is 6.52. The second kappa shape index (κ2) is 6.60. The van der Waals surface area contributed by atoms with Gasteiger partial charge < -0.3 is 10.1 Å². The van der Waals surface area contributed by atoms with Crippen LogP contribution >= 0.6 is 0 Å². The van der Waals surface area contributed by atoms with Crippen LogP contribution in [0.25, 0.3) is 0 Å². The summed E-state index contributed by atoms with van der Waals surface area (Å²) in [6, 6.07) is 9.31. The summed E-state index contributed by atoms with van der Waals surface area (Å²) in [5.74, 6) is 0.967. The van der Waals surface area contributed by atoms with E-state index >= 15 is 0 Å². The smallest absolute Gasteiger partial charge is 0.325 e. The van der Waals surface area contributed by atoms with Gasteiger partial charge >= 0.3 is 6.03 Å². The van der Waals surface area contributed by atoms with E-state index in [9.17, 15) is 9.59 Å². The lowest BCUT2D eigenvalue weighted by molar-refractivity contribution is -0.134. The summed E-state index contributed by atoms with van der Waals surface area (Å²) in [7, 11) is 0. The van der Waals surface area contributed by atoms with E-state index in [1.54, 1.807) is 0 Å². The minimum Gasteiger partial charge on any atom is -0.494 e. The fourth-order valence-corrected chi connectivity index (χ4v) is 3.63. The predicted octanol–water partition coefficient (Wildman–Crippen LogP) is 2.96. The molecule has 5 heteroatoms. The molecule has 2 fully saturated rings. The fourth-order valence-electron chi connectivity index (χ4n) is 3.63. The predicted molar refractivity (Wildman–Crippen MR) is 87.2 cm³/mol. The van der Waals surface area contributed by atoms with Gasteiger partial charge in [-0.05, 0) is 37.3 Å². The quantitative estimate of drug-likeness (QED) is 0.671. The molecule has 2 atom stereocenters. The lowest BCUT2D eigenvalue weighted by Crippen LogP contribution is -2.53. The first-order valence-corrected chi connectivity index (χ1v) is 8.45. The van der Waals surface area contributed by atoms with Crippen LogP contribution in [0.2, 0.25) is 0 Å². The van der Waals surface area contributed by atoms with Crippen molar-refractivity contribution in [2.75, 3.05) is 13.2 Å². The Bertz CT molecular complexity index is 575. The first-order chi connectivity index (χ1) is 11.1. The molecule has 1 aromatic carbocycles. The summed E-state index contributed by atoms with van der Waals surface area (Å²) < 4.78 is 5.62. The summed E-state index contributed by atoms with van der Waals surface area (Å²) in [6.45, 7) is 2.97. The Hall–Kier alpha value is -2.04. The Labute approximate surface area is 137 Å². The Balaban J connectivity index is 1.54. The molecular weight excluding hydrogens is 292 g/mol. The largest absolute Gasteiger partial charge is 0.494 e. The Morgan fingerprint density at radius 1 is 1.26 bits per heavy atom. The monoisotopic (exact) mass is 316 g/mol. The Morgan fingerprint density at radius 3 is 2.78 bits per heavy atom.